The van der Waals surface area contributed by atoms with Gasteiger partial charge < -0.3 is 15.4 Å². The van der Waals surface area contributed by atoms with Gasteiger partial charge in [-0.2, -0.15) is 0 Å². The summed E-state index contributed by atoms with van der Waals surface area (Å²) in [6.07, 6.45) is 1.81. The van der Waals surface area contributed by atoms with Crippen molar-refractivity contribution in [3.05, 3.63) is 41.6 Å². The molecule has 0 saturated carbocycles. The minimum Gasteiger partial charge on any atom is -0.462 e. The van der Waals surface area contributed by atoms with Gasteiger partial charge in [0.05, 0.1) is 6.61 Å². The van der Waals surface area contributed by atoms with Crippen molar-refractivity contribution in [2.24, 2.45) is 0 Å². The van der Waals surface area contributed by atoms with Gasteiger partial charge in [0.2, 0.25) is 0 Å². The maximum absolute atomic E-state index is 11.7. The Hall–Kier alpha value is -2.30. The molecule has 0 aliphatic carbocycles. The summed E-state index contributed by atoms with van der Waals surface area (Å²) >= 11 is 0. The molecule has 1 aromatic carbocycles. The number of hydrogen-bond donors (Lipinski definition) is 2. The number of amides is 2. The third kappa shape index (κ3) is 3.35. The first-order valence-electron chi connectivity index (χ1n) is 5.65. The second-order valence-electron chi connectivity index (χ2n) is 4.03. The monoisotopic (exact) mass is 246 g/mol. The minimum atomic E-state index is -0.424. The Morgan fingerprint density at radius 3 is 2.61 bits per heavy atom. The van der Waals surface area contributed by atoms with E-state index in [1.807, 2.05) is 31.2 Å². The molecule has 0 aromatic heterocycles. The van der Waals surface area contributed by atoms with Crippen LogP contribution < -0.4 is 10.6 Å². The van der Waals surface area contributed by atoms with Crippen molar-refractivity contribution >= 4 is 17.7 Å². The topological polar surface area (TPSA) is 67.4 Å². The summed E-state index contributed by atoms with van der Waals surface area (Å²) in [6.45, 7) is 2.28. The zero-order valence-corrected chi connectivity index (χ0v) is 10.0. The Bertz CT molecular complexity index is 491. The minimum absolute atomic E-state index is 0.301. The molecule has 0 bridgehead atoms. The number of carbonyl (C=O) groups is 2. The molecule has 1 aliphatic rings. The third-order valence-electron chi connectivity index (χ3n) is 2.49. The van der Waals surface area contributed by atoms with Crippen molar-refractivity contribution < 1.29 is 14.3 Å². The molecule has 0 fully saturated rings. The first kappa shape index (κ1) is 12.2. The van der Waals surface area contributed by atoms with Gasteiger partial charge in [-0.15, -0.1) is 0 Å². The van der Waals surface area contributed by atoms with Crippen LogP contribution in [0.3, 0.4) is 0 Å². The Balaban J connectivity index is 1.92. The van der Waals surface area contributed by atoms with Gasteiger partial charge >= 0.3 is 12.0 Å². The van der Waals surface area contributed by atoms with E-state index in [2.05, 4.69) is 10.6 Å². The molecular weight excluding hydrogens is 232 g/mol. The largest absolute Gasteiger partial charge is 0.462 e. The van der Waals surface area contributed by atoms with Gasteiger partial charge in [0.25, 0.3) is 0 Å². The van der Waals surface area contributed by atoms with Crippen molar-refractivity contribution in [1.29, 1.82) is 0 Å². The summed E-state index contributed by atoms with van der Waals surface area (Å²) in [7, 11) is 0. The quantitative estimate of drug-likeness (QED) is 0.784. The number of carbonyl (C=O) groups excluding carboxylic acids is 2. The third-order valence-corrected chi connectivity index (χ3v) is 2.49. The van der Waals surface area contributed by atoms with Crippen molar-refractivity contribution in [3.8, 4) is 0 Å². The zero-order chi connectivity index (χ0) is 13.0. The number of aryl methyl sites for hydroxylation is 1. The van der Waals surface area contributed by atoms with E-state index in [4.69, 9.17) is 4.74 Å². The molecule has 1 heterocycles. The summed E-state index contributed by atoms with van der Waals surface area (Å²) in [6, 6.07) is 7.09. The summed E-state index contributed by atoms with van der Waals surface area (Å²) in [5.74, 6) is -0.424. The lowest BCUT2D eigenvalue weighted by molar-refractivity contribution is -0.138. The van der Waals surface area contributed by atoms with E-state index >= 15 is 0 Å². The maximum atomic E-state index is 11.7. The second-order valence-corrected chi connectivity index (χ2v) is 4.03. The van der Waals surface area contributed by atoms with Gasteiger partial charge in [-0.05, 0) is 19.1 Å². The summed E-state index contributed by atoms with van der Waals surface area (Å²) in [4.78, 5) is 22.6. The number of ether oxygens (including phenoxy) is 1. The summed E-state index contributed by atoms with van der Waals surface area (Å²) < 4.78 is 4.73. The molecule has 2 rings (SSSR count). The Morgan fingerprint density at radius 2 is 1.94 bits per heavy atom. The van der Waals surface area contributed by atoms with Crippen molar-refractivity contribution in [2.45, 2.75) is 13.3 Å². The van der Waals surface area contributed by atoms with Crippen LogP contribution >= 0.6 is 0 Å². The fraction of sp³-hybridized carbons (Fsp3) is 0.231. The number of anilines is 1. The highest BCUT2D eigenvalue weighted by atomic mass is 16.5. The van der Waals surface area contributed by atoms with Crippen LogP contribution in [0.15, 0.2) is 36.0 Å². The highest BCUT2D eigenvalue weighted by Gasteiger charge is 2.12. The highest BCUT2D eigenvalue weighted by molar-refractivity contribution is 5.92. The Labute approximate surface area is 105 Å². The molecule has 0 atom stereocenters. The van der Waals surface area contributed by atoms with Crippen molar-refractivity contribution in [2.75, 3.05) is 11.9 Å². The van der Waals surface area contributed by atoms with E-state index in [1.54, 1.807) is 0 Å². The highest BCUT2D eigenvalue weighted by Crippen LogP contribution is 2.09. The van der Waals surface area contributed by atoms with Crippen molar-refractivity contribution in [1.82, 2.24) is 5.32 Å². The number of esters is 1. The molecular formula is C13H14N2O3. The van der Waals surface area contributed by atoms with E-state index in [0.29, 0.717) is 24.4 Å². The second kappa shape index (κ2) is 5.35. The molecule has 0 unspecified atom stereocenters. The molecule has 5 nitrogen and oxygen atoms in total. The number of hydrogen-bond acceptors (Lipinski definition) is 3. The average molecular weight is 246 g/mol. The van der Waals surface area contributed by atoms with Gasteiger partial charge in [0.15, 0.2) is 0 Å². The standard InChI is InChI=1S/C13H14N2O3/c1-9-2-4-10(5-3-9)14-13(17)15-11-6-7-18-12(16)8-11/h2-5,8H,6-7H2,1H3,(H2,14,15,17). The van der Waals surface area contributed by atoms with E-state index in [0.717, 1.165) is 5.56 Å². The zero-order valence-electron chi connectivity index (χ0n) is 10.0. The summed E-state index contributed by atoms with van der Waals surface area (Å²) in [5.41, 5.74) is 2.40. The maximum Gasteiger partial charge on any atom is 0.332 e. The van der Waals surface area contributed by atoms with E-state index in [1.165, 1.54) is 6.08 Å². The fourth-order valence-electron chi connectivity index (χ4n) is 1.56. The smallest absolute Gasteiger partial charge is 0.332 e. The van der Waals surface area contributed by atoms with Crippen LogP contribution in [0, 0.1) is 6.92 Å². The lowest BCUT2D eigenvalue weighted by atomic mass is 10.2. The first-order chi connectivity index (χ1) is 8.63. The van der Waals surface area contributed by atoms with E-state index in [9.17, 15) is 9.59 Å². The van der Waals surface area contributed by atoms with Crippen molar-refractivity contribution in [3.63, 3.8) is 0 Å². The molecule has 0 spiro atoms. The van der Waals surface area contributed by atoms with Gasteiger partial charge in [0, 0.05) is 23.9 Å². The number of rotatable bonds is 2. The summed E-state index contributed by atoms with van der Waals surface area (Å²) in [5, 5.41) is 5.31. The number of nitrogens with one attached hydrogen (secondary N) is 2. The van der Waals surface area contributed by atoms with Gasteiger partial charge in [-0.3, -0.25) is 0 Å². The van der Waals surface area contributed by atoms with Crippen LogP contribution in [0.4, 0.5) is 10.5 Å². The number of cyclic esters (lactones) is 1. The van der Waals surface area contributed by atoms with E-state index in [-0.39, 0.29) is 6.03 Å². The molecule has 1 aliphatic heterocycles. The average Bonchev–Trinajstić information content (AvgIpc) is 2.32. The lowest BCUT2D eigenvalue weighted by Gasteiger charge is -2.14. The van der Waals surface area contributed by atoms with Crippen LogP contribution in [0.2, 0.25) is 0 Å². The Morgan fingerprint density at radius 1 is 1.22 bits per heavy atom. The molecule has 5 heteroatoms. The van der Waals surface area contributed by atoms with Crippen LogP contribution in [0.1, 0.15) is 12.0 Å². The van der Waals surface area contributed by atoms with Crippen LogP contribution in [0.5, 0.6) is 0 Å². The Kier molecular flexibility index (Phi) is 3.62. The molecule has 2 amide bonds. The number of urea groups is 1. The molecule has 1 aromatic rings. The fourth-order valence-corrected chi connectivity index (χ4v) is 1.56. The van der Waals surface area contributed by atoms with Crippen LogP contribution in [0.25, 0.3) is 0 Å². The first-order valence-corrected chi connectivity index (χ1v) is 5.65. The van der Waals surface area contributed by atoms with Gasteiger partial charge in [0.1, 0.15) is 0 Å². The predicted octanol–water partition coefficient (Wildman–Crippen LogP) is 1.95. The number of benzene rings is 1. The molecule has 0 saturated heterocycles. The van der Waals surface area contributed by atoms with Crippen LogP contribution in [-0.4, -0.2) is 18.6 Å². The van der Waals surface area contributed by atoms with E-state index < -0.39 is 5.97 Å². The molecule has 2 N–H and O–H groups in total. The van der Waals surface area contributed by atoms with Gasteiger partial charge in [-0.1, -0.05) is 17.7 Å². The molecule has 94 valence electrons. The SMILES string of the molecule is Cc1ccc(NC(=O)NC2=CC(=O)OCC2)cc1. The lowest BCUT2D eigenvalue weighted by Crippen LogP contribution is -2.30. The predicted molar refractivity (Wildman–Crippen MR) is 67.0 cm³/mol. The molecule has 0 radical (unpaired) electrons. The van der Waals surface area contributed by atoms with Crippen LogP contribution in [-0.2, 0) is 9.53 Å². The van der Waals surface area contributed by atoms with Gasteiger partial charge in [-0.25, -0.2) is 9.59 Å². The normalized spacial score (nSPS) is 14.5. The molecule has 18 heavy (non-hydrogen) atoms.